The van der Waals surface area contributed by atoms with Crippen LogP contribution in [0.3, 0.4) is 0 Å². The molecule has 0 heterocycles. The Morgan fingerprint density at radius 3 is 2.16 bits per heavy atom. The van der Waals surface area contributed by atoms with E-state index in [9.17, 15) is 4.79 Å². The Kier molecular flexibility index (Phi) is 10.1. The summed E-state index contributed by atoms with van der Waals surface area (Å²) >= 11 is 0. The predicted octanol–water partition coefficient (Wildman–Crippen LogP) is 2.27. The third kappa shape index (κ3) is 13.8. The van der Waals surface area contributed by atoms with Gasteiger partial charge in [0, 0.05) is 25.4 Å². The van der Waals surface area contributed by atoms with Crippen LogP contribution < -0.4 is 5.32 Å². The zero-order chi connectivity index (χ0) is 14.7. The van der Waals surface area contributed by atoms with Crippen LogP contribution in [0.5, 0.6) is 0 Å². The minimum atomic E-state index is 0.105. The number of rotatable bonds is 11. The largest absolute Gasteiger partial charge is 0.379 e. The van der Waals surface area contributed by atoms with E-state index < -0.39 is 0 Å². The van der Waals surface area contributed by atoms with Crippen molar-refractivity contribution in [2.75, 3.05) is 39.5 Å². The van der Waals surface area contributed by atoms with Crippen LogP contribution in [-0.2, 0) is 14.3 Å². The number of hydrogen-bond acceptors (Lipinski definition) is 4. The highest BCUT2D eigenvalue weighted by molar-refractivity contribution is 5.80. The fraction of sp³-hybridized carbons (Fsp3) is 0.933. The Morgan fingerprint density at radius 2 is 1.63 bits per heavy atom. The molecule has 0 aliphatic heterocycles. The second-order valence-electron chi connectivity index (χ2n) is 6.33. The summed E-state index contributed by atoms with van der Waals surface area (Å²) in [6.45, 7) is 14.6. The van der Waals surface area contributed by atoms with Gasteiger partial charge in [0.2, 0.25) is 0 Å². The number of hydrogen-bond donors (Lipinski definition) is 1. The topological polar surface area (TPSA) is 47.6 Å². The molecule has 114 valence electrons. The predicted molar refractivity (Wildman–Crippen MR) is 78.4 cm³/mol. The van der Waals surface area contributed by atoms with Gasteiger partial charge < -0.3 is 14.8 Å². The average Bonchev–Trinajstić information content (AvgIpc) is 2.29. The molecule has 0 amide bonds. The zero-order valence-electron chi connectivity index (χ0n) is 13.3. The number of carbonyl (C=O) groups excluding carboxylic acids is 1. The summed E-state index contributed by atoms with van der Waals surface area (Å²) in [5, 5.41) is 3.34. The van der Waals surface area contributed by atoms with Crippen LogP contribution in [0.15, 0.2) is 0 Å². The number of ether oxygens (including phenoxy) is 2. The maximum Gasteiger partial charge on any atom is 0.137 e. The van der Waals surface area contributed by atoms with Crippen LogP contribution in [0, 0.1) is 11.3 Å². The molecule has 0 spiro atoms. The van der Waals surface area contributed by atoms with Crippen LogP contribution in [-0.4, -0.2) is 45.3 Å². The second-order valence-corrected chi connectivity index (χ2v) is 6.33. The van der Waals surface area contributed by atoms with Crippen LogP contribution in [0.4, 0.5) is 0 Å². The van der Waals surface area contributed by atoms with Gasteiger partial charge in [-0.2, -0.15) is 0 Å². The number of nitrogens with one attached hydrogen (secondary N) is 1. The molecule has 0 aromatic carbocycles. The summed E-state index contributed by atoms with van der Waals surface area (Å²) in [4.78, 5) is 11.3. The molecule has 0 atom stereocenters. The van der Waals surface area contributed by atoms with Gasteiger partial charge >= 0.3 is 0 Å². The van der Waals surface area contributed by atoms with Gasteiger partial charge in [0.05, 0.1) is 26.4 Å². The minimum Gasteiger partial charge on any atom is -0.379 e. The van der Waals surface area contributed by atoms with Crippen molar-refractivity contribution in [1.82, 2.24) is 5.32 Å². The monoisotopic (exact) mass is 273 g/mol. The van der Waals surface area contributed by atoms with E-state index in [0.29, 0.717) is 38.3 Å². The first kappa shape index (κ1) is 18.6. The van der Waals surface area contributed by atoms with E-state index in [-0.39, 0.29) is 11.7 Å². The first-order chi connectivity index (χ1) is 8.83. The van der Waals surface area contributed by atoms with E-state index in [2.05, 4.69) is 26.1 Å². The summed E-state index contributed by atoms with van der Waals surface area (Å²) in [7, 11) is 0. The highest BCUT2D eigenvalue weighted by Gasteiger charge is 2.08. The third-order valence-electron chi connectivity index (χ3n) is 2.59. The molecule has 4 heteroatoms. The highest BCUT2D eigenvalue weighted by atomic mass is 16.5. The first-order valence-electron chi connectivity index (χ1n) is 7.22. The van der Waals surface area contributed by atoms with Crippen LogP contribution >= 0.6 is 0 Å². The quantitative estimate of drug-likeness (QED) is 0.587. The molecule has 0 bridgehead atoms. The van der Waals surface area contributed by atoms with Gasteiger partial charge in [0.25, 0.3) is 0 Å². The summed E-state index contributed by atoms with van der Waals surface area (Å²) in [5.74, 6) is 0.362. The lowest BCUT2D eigenvalue weighted by Gasteiger charge is -2.18. The number of carbonyl (C=O) groups is 1. The van der Waals surface area contributed by atoms with Crippen LogP contribution in [0.2, 0.25) is 0 Å². The number of ketones is 1. The van der Waals surface area contributed by atoms with Crippen molar-refractivity contribution < 1.29 is 14.3 Å². The van der Waals surface area contributed by atoms with Gasteiger partial charge in [-0.1, -0.05) is 34.6 Å². The molecule has 4 nitrogen and oxygen atoms in total. The summed E-state index contributed by atoms with van der Waals surface area (Å²) in [5.41, 5.74) is 0.312. The maximum atomic E-state index is 11.3. The molecule has 0 radical (unpaired) electrons. The Hall–Kier alpha value is -0.450. The second kappa shape index (κ2) is 10.4. The van der Waals surface area contributed by atoms with Crippen molar-refractivity contribution in [3.63, 3.8) is 0 Å². The molecule has 0 aromatic heterocycles. The van der Waals surface area contributed by atoms with Gasteiger partial charge in [-0.15, -0.1) is 0 Å². The van der Waals surface area contributed by atoms with E-state index in [1.807, 2.05) is 13.8 Å². The van der Waals surface area contributed by atoms with Gasteiger partial charge in [0.1, 0.15) is 5.78 Å². The van der Waals surface area contributed by atoms with Crippen molar-refractivity contribution >= 4 is 5.78 Å². The van der Waals surface area contributed by atoms with Crippen molar-refractivity contribution in [3.05, 3.63) is 0 Å². The fourth-order valence-corrected chi connectivity index (χ4v) is 1.39. The smallest absolute Gasteiger partial charge is 0.137 e. The normalized spacial score (nSPS) is 12.1. The van der Waals surface area contributed by atoms with E-state index in [1.54, 1.807) is 0 Å². The van der Waals surface area contributed by atoms with Gasteiger partial charge in [-0.05, 0) is 5.41 Å². The van der Waals surface area contributed by atoms with E-state index in [1.165, 1.54) is 0 Å². The van der Waals surface area contributed by atoms with Crippen molar-refractivity contribution in [2.45, 2.75) is 41.0 Å². The highest BCUT2D eigenvalue weighted by Crippen LogP contribution is 2.09. The molecule has 0 saturated heterocycles. The molecule has 0 aromatic rings. The van der Waals surface area contributed by atoms with Crippen LogP contribution in [0.25, 0.3) is 0 Å². The van der Waals surface area contributed by atoms with Crippen molar-refractivity contribution in [1.29, 1.82) is 0 Å². The summed E-state index contributed by atoms with van der Waals surface area (Å²) in [6.07, 6.45) is 0.505. The Bertz CT molecular complexity index is 234. The molecule has 0 unspecified atom stereocenters. The maximum absolute atomic E-state index is 11.3. The molecule has 0 saturated carbocycles. The van der Waals surface area contributed by atoms with Crippen molar-refractivity contribution in [3.8, 4) is 0 Å². The molecule has 0 rings (SSSR count). The Balaban J connectivity index is 3.18. The molecule has 0 aliphatic carbocycles. The Labute approximate surface area is 118 Å². The fourth-order valence-electron chi connectivity index (χ4n) is 1.39. The SMILES string of the molecule is CC(C)C(=O)CCOCCOCCNCC(C)(C)C. The third-order valence-corrected chi connectivity index (χ3v) is 2.59. The summed E-state index contributed by atoms with van der Waals surface area (Å²) < 4.78 is 10.8. The average molecular weight is 273 g/mol. The van der Waals surface area contributed by atoms with E-state index in [0.717, 1.165) is 13.1 Å². The van der Waals surface area contributed by atoms with Crippen LogP contribution in [0.1, 0.15) is 41.0 Å². The van der Waals surface area contributed by atoms with Gasteiger partial charge in [-0.3, -0.25) is 4.79 Å². The van der Waals surface area contributed by atoms with Gasteiger partial charge in [-0.25, -0.2) is 0 Å². The molecular formula is C15H31NO3. The van der Waals surface area contributed by atoms with E-state index >= 15 is 0 Å². The molecule has 0 fully saturated rings. The molecule has 1 N–H and O–H groups in total. The molecular weight excluding hydrogens is 242 g/mol. The Morgan fingerprint density at radius 1 is 1.05 bits per heavy atom. The zero-order valence-corrected chi connectivity index (χ0v) is 13.3. The van der Waals surface area contributed by atoms with Gasteiger partial charge in [0.15, 0.2) is 0 Å². The lowest BCUT2D eigenvalue weighted by Crippen LogP contribution is -2.29. The molecule has 0 aliphatic rings. The first-order valence-corrected chi connectivity index (χ1v) is 7.22. The standard InChI is InChI=1S/C15H31NO3/c1-13(2)14(17)6-8-18-10-11-19-9-7-16-12-15(3,4)5/h13,16H,6-12H2,1-5H3. The molecule has 19 heavy (non-hydrogen) atoms. The van der Waals surface area contributed by atoms with E-state index in [4.69, 9.17) is 9.47 Å². The lowest BCUT2D eigenvalue weighted by atomic mass is 9.97. The van der Waals surface area contributed by atoms with Crippen molar-refractivity contribution in [2.24, 2.45) is 11.3 Å². The number of Topliss-reactive ketones (excluding diaryl/α,β-unsaturated/α-hetero) is 1. The minimum absolute atomic E-state index is 0.105. The lowest BCUT2D eigenvalue weighted by molar-refractivity contribution is -0.123. The summed E-state index contributed by atoms with van der Waals surface area (Å²) in [6, 6.07) is 0.